The first-order valence-electron chi connectivity index (χ1n) is 9.10. The minimum atomic E-state index is -0.407. The van der Waals surface area contributed by atoms with Gasteiger partial charge in [0.2, 0.25) is 0 Å². The van der Waals surface area contributed by atoms with Gasteiger partial charge >= 0.3 is 6.09 Å². The second kappa shape index (κ2) is 7.48. The first-order chi connectivity index (χ1) is 12.8. The Kier molecular flexibility index (Phi) is 4.91. The van der Waals surface area contributed by atoms with Crippen molar-refractivity contribution in [2.45, 2.75) is 30.9 Å². The van der Waals surface area contributed by atoms with Crippen molar-refractivity contribution in [3.8, 4) is 11.1 Å². The lowest BCUT2D eigenvalue weighted by Crippen LogP contribution is -2.43. The van der Waals surface area contributed by atoms with Crippen molar-refractivity contribution in [2.75, 3.05) is 19.8 Å². The number of ether oxygens (including phenoxy) is 2. The smallest absolute Gasteiger partial charge is 0.407 e. The standard InChI is InChI=1S/C21H23NO4/c23-12-15-11-14(9-10-25-15)22-21(24)26-13-20-18-7-3-1-5-16(18)17-6-2-4-8-19(17)20/h1-8,14-15,20,23H,9-13H2,(H,22,24)/t14-,15-/m0/s1. The fourth-order valence-corrected chi connectivity index (χ4v) is 3.95. The number of nitrogens with one attached hydrogen (secondary N) is 1. The zero-order valence-corrected chi connectivity index (χ0v) is 14.6. The molecule has 1 amide bonds. The van der Waals surface area contributed by atoms with Crippen molar-refractivity contribution in [2.24, 2.45) is 0 Å². The van der Waals surface area contributed by atoms with Gasteiger partial charge in [-0.15, -0.1) is 0 Å². The van der Waals surface area contributed by atoms with E-state index in [2.05, 4.69) is 29.6 Å². The van der Waals surface area contributed by atoms with Crippen molar-refractivity contribution >= 4 is 6.09 Å². The number of hydrogen-bond donors (Lipinski definition) is 2. The lowest BCUT2D eigenvalue weighted by molar-refractivity contribution is -0.0285. The lowest BCUT2D eigenvalue weighted by atomic mass is 9.98. The normalized spacial score (nSPS) is 21.7. The van der Waals surface area contributed by atoms with Gasteiger partial charge in [0.1, 0.15) is 6.61 Å². The molecule has 1 saturated heterocycles. The number of amides is 1. The van der Waals surface area contributed by atoms with Crippen molar-refractivity contribution in [1.82, 2.24) is 5.32 Å². The summed E-state index contributed by atoms with van der Waals surface area (Å²) in [6.45, 7) is 0.828. The van der Waals surface area contributed by atoms with Crippen LogP contribution in [0.1, 0.15) is 29.9 Å². The van der Waals surface area contributed by atoms with Gasteiger partial charge in [0.05, 0.1) is 12.7 Å². The third kappa shape index (κ3) is 3.32. The highest BCUT2D eigenvalue weighted by atomic mass is 16.5. The molecule has 5 nitrogen and oxygen atoms in total. The van der Waals surface area contributed by atoms with Gasteiger partial charge in [0.25, 0.3) is 0 Å². The zero-order chi connectivity index (χ0) is 17.9. The molecule has 2 aromatic carbocycles. The van der Waals surface area contributed by atoms with E-state index in [9.17, 15) is 9.90 Å². The van der Waals surface area contributed by atoms with Crippen LogP contribution in [0.3, 0.4) is 0 Å². The molecule has 136 valence electrons. The number of carbonyl (C=O) groups is 1. The number of fused-ring (bicyclic) bond motifs is 3. The predicted molar refractivity (Wildman–Crippen MR) is 98.1 cm³/mol. The van der Waals surface area contributed by atoms with Gasteiger partial charge in [-0.05, 0) is 35.1 Å². The largest absolute Gasteiger partial charge is 0.449 e. The molecular formula is C21H23NO4. The Morgan fingerprint density at radius 1 is 1.12 bits per heavy atom. The van der Waals surface area contributed by atoms with E-state index in [4.69, 9.17) is 9.47 Å². The fraction of sp³-hybridized carbons (Fsp3) is 0.381. The van der Waals surface area contributed by atoms with Gasteiger partial charge in [-0.2, -0.15) is 0 Å². The van der Waals surface area contributed by atoms with Crippen LogP contribution in [0.2, 0.25) is 0 Å². The molecular weight excluding hydrogens is 330 g/mol. The highest BCUT2D eigenvalue weighted by molar-refractivity contribution is 5.79. The monoisotopic (exact) mass is 353 g/mol. The van der Waals surface area contributed by atoms with Gasteiger partial charge in [0, 0.05) is 18.6 Å². The molecule has 0 spiro atoms. The number of rotatable bonds is 4. The number of aliphatic hydroxyl groups excluding tert-OH is 1. The maximum atomic E-state index is 12.3. The summed E-state index contributed by atoms with van der Waals surface area (Å²) in [6, 6.07) is 16.5. The van der Waals surface area contributed by atoms with Crippen LogP contribution in [0.15, 0.2) is 48.5 Å². The maximum absolute atomic E-state index is 12.3. The minimum Gasteiger partial charge on any atom is -0.449 e. The number of benzene rings is 2. The van der Waals surface area contributed by atoms with Crippen LogP contribution in [0.25, 0.3) is 11.1 Å². The number of aliphatic hydroxyl groups is 1. The van der Waals surface area contributed by atoms with Crippen LogP contribution in [0.4, 0.5) is 4.79 Å². The second-order valence-electron chi connectivity index (χ2n) is 6.87. The Labute approximate surface area is 152 Å². The topological polar surface area (TPSA) is 67.8 Å². The average molecular weight is 353 g/mol. The Morgan fingerprint density at radius 3 is 2.42 bits per heavy atom. The van der Waals surface area contributed by atoms with Crippen molar-refractivity contribution in [3.05, 3.63) is 59.7 Å². The predicted octanol–water partition coefficient (Wildman–Crippen LogP) is 3.07. The van der Waals surface area contributed by atoms with Crippen molar-refractivity contribution < 1.29 is 19.4 Å². The van der Waals surface area contributed by atoms with Gasteiger partial charge in [-0.1, -0.05) is 48.5 Å². The molecule has 1 heterocycles. The van der Waals surface area contributed by atoms with Gasteiger partial charge < -0.3 is 19.9 Å². The summed E-state index contributed by atoms with van der Waals surface area (Å²) in [6.07, 6.45) is 0.736. The number of hydrogen-bond acceptors (Lipinski definition) is 4. The average Bonchev–Trinajstić information content (AvgIpc) is 3.00. The van der Waals surface area contributed by atoms with Crippen molar-refractivity contribution in [1.29, 1.82) is 0 Å². The summed E-state index contributed by atoms with van der Waals surface area (Å²) in [7, 11) is 0. The van der Waals surface area contributed by atoms with E-state index in [1.807, 2.05) is 24.3 Å². The fourth-order valence-electron chi connectivity index (χ4n) is 3.95. The first kappa shape index (κ1) is 17.1. The summed E-state index contributed by atoms with van der Waals surface area (Å²) in [4.78, 5) is 12.3. The molecule has 0 saturated carbocycles. The lowest BCUT2D eigenvalue weighted by Gasteiger charge is -2.28. The van der Waals surface area contributed by atoms with E-state index < -0.39 is 6.09 Å². The molecule has 0 radical (unpaired) electrons. The summed E-state index contributed by atoms with van der Waals surface area (Å²) in [5.41, 5.74) is 4.83. The van der Waals surface area contributed by atoms with Gasteiger partial charge in [-0.3, -0.25) is 0 Å². The molecule has 4 rings (SSSR count). The van der Waals surface area contributed by atoms with E-state index in [0.29, 0.717) is 19.6 Å². The molecule has 5 heteroatoms. The van der Waals surface area contributed by atoms with Crippen LogP contribution in [-0.2, 0) is 9.47 Å². The Morgan fingerprint density at radius 2 is 1.77 bits per heavy atom. The minimum absolute atomic E-state index is 0.0171. The summed E-state index contributed by atoms with van der Waals surface area (Å²) in [5.74, 6) is 0.0630. The highest BCUT2D eigenvalue weighted by Gasteiger charge is 2.29. The van der Waals surface area contributed by atoms with E-state index in [-0.39, 0.29) is 24.7 Å². The third-order valence-electron chi connectivity index (χ3n) is 5.24. The summed E-state index contributed by atoms with van der Waals surface area (Å²) >= 11 is 0. The van der Waals surface area contributed by atoms with Crippen LogP contribution < -0.4 is 5.32 Å². The third-order valence-corrected chi connectivity index (χ3v) is 5.24. The van der Waals surface area contributed by atoms with E-state index in [0.717, 1.165) is 6.42 Å². The molecule has 0 bridgehead atoms. The second-order valence-corrected chi connectivity index (χ2v) is 6.87. The van der Waals surface area contributed by atoms with Crippen LogP contribution in [-0.4, -0.2) is 43.2 Å². The molecule has 1 fully saturated rings. The van der Waals surface area contributed by atoms with Gasteiger partial charge in [-0.25, -0.2) is 4.79 Å². The van der Waals surface area contributed by atoms with Gasteiger partial charge in [0.15, 0.2) is 0 Å². The maximum Gasteiger partial charge on any atom is 0.407 e. The molecule has 2 aromatic rings. The Hall–Kier alpha value is -2.37. The Bertz CT molecular complexity index is 746. The number of alkyl carbamates (subject to hydrolysis) is 1. The quantitative estimate of drug-likeness (QED) is 0.886. The Balaban J connectivity index is 1.41. The molecule has 1 aliphatic carbocycles. The zero-order valence-electron chi connectivity index (χ0n) is 14.6. The van der Waals surface area contributed by atoms with Crippen molar-refractivity contribution in [3.63, 3.8) is 0 Å². The van der Waals surface area contributed by atoms with Crippen LogP contribution in [0.5, 0.6) is 0 Å². The highest BCUT2D eigenvalue weighted by Crippen LogP contribution is 2.44. The van der Waals surface area contributed by atoms with E-state index in [1.54, 1.807) is 0 Å². The van der Waals surface area contributed by atoms with E-state index in [1.165, 1.54) is 22.3 Å². The van der Waals surface area contributed by atoms with Crippen LogP contribution in [0, 0.1) is 0 Å². The molecule has 2 N–H and O–H groups in total. The molecule has 26 heavy (non-hydrogen) atoms. The molecule has 2 aliphatic rings. The molecule has 0 unspecified atom stereocenters. The first-order valence-corrected chi connectivity index (χ1v) is 9.10. The molecule has 2 atom stereocenters. The summed E-state index contributed by atoms with van der Waals surface area (Å²) in [5, 5.41) is 12.1. The molecule has 0 aromatic heterocycles. The van der Waals surface area contributed by atoms with Crippen LogP contribution >= 0.6 is 0 Å². The van der Waals surface area contributed by atoms with E-state index >= 15 is 0 Å². The summed E-state index contributed by atoms with van der Waals surface area (Å²) < 4.78 is 11.0. The molecule has 1 aliphatic heterocycles. The SMILES string of the molecule is O=C(N[C@H]1CCO[C@H](CO)C1)OCC1c2ccccc2-c2ccccc21. The number of carbonyl (C=O) groups excluding carboxylic acids is 1.